The van der Waals surface area contributed by atoms with Gasteiger partial charge >= 0.3 is 0 Å². The number of hydrazone groups is 1. The molecule has 1 atom stereocenters. The lowest BCUT2D eigenvalue weighted by Crippen LogP contribution is -2.43. The molecule has 0 saturated heterocycles. The van der Waals surface area contributed by atoms with Crippen LogP contribution in [-0.4, -0.2) is 32.9 Å². The second kappa shape index (κ2) is 6.18. The van der Waals surface area contributed by atoms with E-state index in [2.05, 4.69) is 12.0 Å². The summed E-state index contributed by atoms with van der Waals surface area (Å²) in [5, 5.41) is 6.20. The maximum absolute atomic E-state index is 5.82. The summed E-state index contributed by atoms with van der Waals surface area (Å²) < 4.78 is -1.42. The van der Waals surface area contributed by atoms with Gasteiger partial charge in [0.15, 0.2) is 0 Å². The number of alkyl halides is 3. The average Bonchev–Trinajstić information content (AvgIpc) is 2.54. The van der Waals surface area contributed by atoms with Crippen LogP contribution in [0.25, 0.3) is 0 Å². The van der Waals surface area contributed by atoms with Crippen molar-refractivity contribution in [1.29, 1.82) is 0 Å². The molecule has 0 fully saturated rings. The molecule has 1 heterocycles. The molecule has 0 bridgehead atoms. The zero-order chi connectivity index (χ0) is 12.2. The molecule has 0 radical (unpaired) electrons. The van der Waals surface area contributed by atoms with Gasteiger partial charge in [0, 0.05) is 6.54 Å². The van der Waals surface area contributed by atoms with E-state index in [1.165, 1.54) is 19.3 Å². The Kier molecular flexibility index (Phi) is 5.48. The van der Waals surface area contributed by atoms with Crippen LogP contribution < -0.4 is 0 Å². The Labute approximate surface area is 112 Å². The Morgan fingerprint density at radius 3 is 2.44 bits per heavy atom. The largest absolute Gasteiger partial charge is 0.295 e. The molecular formula is C10H18Cl3N3. The predicted octanol–water partition coefficient (Wildman–Crippen LogP) is 3.80. The van der Waals surface area contributed by atoms with Crippen LogP contribution in [0.3, 0.4) is 0 Å². The monoisotopic (exact) mass is 285 g/mol. The molecule has 0 aromatic heterocycles. The van der Waals surface area contributed by atoms with Crippen LogP contribution in [0.4, 0.5) is 0 Å². The highest BCUT2D eigenvalue weighted by molar-refractivity contribution is 6.67. The second-order valence-corrected chi connectivity index (χ2v) is 6.18. The van der Waals surface area contributed by atoms with Gasteiger partial charge in [0.1, 0.15) is 12.5 Å². The second-order valence-electron chi connectivity index (χ2n) is 3.96. The molecule has 0 aliphatic carbocycles. The lowest BCUT2D eigenvalue weighted by Gasteiger charge is -2.31. The van der Waals surface area contributed by atoms with Crippen molar-refractivity contribution in [2.75, 3.05) is 6.54 Å². The van der Waals surface area contributed by atoms with Crippen LogP contribution in [0.1, 0.15) is 39.5 Å². The highest BCUT2D eigenvalue weighted by Gasteiger charge is 2.37. The van der Waals surface area contributed by atoms with E-state index in [-0.39, 0.29) is 6.17 Å². The van der Waals surface area contributed by atoms with Crippen molar-refractivity contribution < 1.29 is 0 Å². The Hall–Kier alpha value is 0.140. The van der Waals surface area contributed by atoms with E-state index in [4.69, 9.17) is 34.8 Å². The molecule has 94 valence electrons. The maximum atomic E-state index is 5.82. The fourth-order valence-corrected chi connectivity index (χ4v) is 2.24. The zero-order valence-electron chi connectivity index (χ0n) is 9.67. The fourth-order valence-electron chi connectivity index (χ4n) is 1.68. The van der Waals surface area contributed by atoms with Crippen molar-refractivity contribution in [1.82, 2.24) is 9.91 Å². The predicted molar refractivity (Wildman–Crippen MR) is 70.9 cm³/mol. The van der Waals surface area contributed by atoms with E-state index in [1.807, 2.05) is 11.9 Å². The normalized spacial score (nSPS) is 20.9. The molecule has 6 heteroatoms. The Morgan fingerprint density at radius 2 is 1.94 bits per heavy atom. The first kappa shape index (κ1) is 14.2. The van der Waals surface area contributed by atoms with Gasteiger partial charge in [0.2, 0.25) is 0 Å². The smallest absolute Gasteiger partial charge is 0.270 e. The van der Waals surface area contributed by atoms with Crippen LogP contribution in [-0.2, 0) is 0 Å². The minimum absolute atomic E-state index is 0.00845. The average molecular weight is 287 g/mol. The molecule has 0 aromatic carbocycles. The number of halogens is 3. The van der Waals surface area contributed by atoms with Crippen LogP contribution in [0.15, 0.2) is 5.10 Å². The summed E-state index contributed by atoms with van der Waals surface area (Å²) in [7, 11) is 0. The molecule has 1 aliphatic heterocycles. The number of hydrogen-bond acceptors (Lipinski definition) is 3. The van der Waals surface area contributed by atoms with Crippen LogP contribution >= 0.6 is 34.8 Å². The van der Waals surface area contributed by atoms with Crippen LogP contribution in [0, 0.1) is 0 Å². The van der Waals surface area contributed by atoms with Crippen LogP contribution in [0.5, 0.6) is 0 Å². The lowest BCUT2D eigenvalue weighted by molar-refractivity contribution is 0.143. The molecule has 0 amide bonds. The van der Waals surface area contributed by atoms with Gasteiger partial charge in [-0.2, -0.15) is 5.10 Å². The highest BCUT2D eigenvalue weighted by atomic mass is 35.6. The van der Waals surface area contributed by atoms with Gasteiger partial charge in [-0.05, 0) is 13.3 Å². The van der Waals surface area contributed by atoms with Crippen molar-refractivity contribution in [3.05, 3.63) is 0 Å². The minimum Gasteiger partial charge on any atom is -0.295 e. The van der Waals surface area contributed by atoms with Crippen LogP contribution in [0.2, 0.25) is 0 Å². The van der Waals surface area contributed by atoms with E-state index >= 15 is 0 Å². The Balaban J connectivity index is 2.34. The quantitative estimate of drug-likeness (QED) is 0.435. The SMILES string of the molecule is CCCCCCN1N=CN(C(Cl)(Cl)Cl)C1C. The van der Waals surface area contributed by atoms with Gasteiger partial charge in [-0.25, -0.2) is 0 Å². The number of hydrogen-bond donors (Lipinski definition) is 0. The molecule has 1 rings (SSSR count). The first-order chi connectivity index (χ1) is 7.46. The summed E-state index contributed by atoms with van der Waals surface area (Å²) >= 11 is 17.5. The molecule has 0 saturated carbocycles. The van der Waals surface area contributed by atoms with E-state index in [9.17, 15) is 0 Å². The van der Waals surface area contributed by atoms with Gasteiger partial charge in [0.05, 0.1) is 0 Å². The molecule has 3 nitrogen and oxygen atoms in total. The first-order valence-corrected chi connectivity index (χ1v) is 6.76. The molecule has 16 heavy (non-hydrogen) atoms. The summed E-state index contributed by atoms with van der Waals surface area (Å²) in [4.78, 5) is 1.62. The minimum atomic E-state index is -1.42. The van der Waals surface area contributed by atoms with E-state index in [0.29, 0.717) is 0 Å². The number of rotatable bonds is 5. The van der Waals surface area contributed by atoms with Crippen molar-refractivity contribution >= 4 is 41.1 Å². The summed E-state index contributed by atoms with van der Waals surface area (Å²) in [5.41, 5.74) is 0. The van der Waals surface area contributed by atoms with Gasteiger partial charge in [-0.3, -0.25) is 9.91 Å². The van der Waals surface area contributed by atoms with Crippen molar-refractivity contribution in [2.45, 2.75) is 49.6 Å². The van der Waals surface area contributed by atoms with Crippen molar-refractivity contribution in [3.63, 3.8) is 0 Å². The molecule has 1 aliphatic rings. The summed E-state index contributed by atoms with van der Waals surface area (Å²) in [5.74, 6) is 0. The third kappa shape index (κ3) is 3.86. The Morgan fingerprint density at radius 1 is 1.25 bits per heavy atom. The van der Waals surface area contributed by atoms with Crippen molar-refractivity contribution in [2.24, 2.45) is 5.10 Å². The fraction of sp³-hybridized carbons (Fsp3) is 0.900. The number of nitrogens with zero attached hydrogens (tertiary/aromatic N) is 3. The maximum Gasteiger partial charge on any atom is 0.270 e. The Bertz CT molecular complexity index is 240. The van der Waals surface area contributed by atoms with E-state index in [1.54, 1.807) is 11.2 Å². The van der Waals surface area contributed by atoms with Gasteiger partial charge in [-0.15, -0.1) is 0 Å². The van der Waals surface area contributed by atoms with Gasteiger partial charge < -0.3 is 0 Å². The van der Waals surface area contributed by atoms with E-state index < -0.39 is 3.92 Å². The highest BCUT2D eigenvalue weighted by Crippen LogP contribution is 2.34. The molecule has 0 N–H and O–H groups in total. The van der Waals surface area contributed by atoms with Gasteiger partial charge in [-0.1, -0.05) is 61.0 Å². The van der Waals surface area contributed by atoms with Crippen molar-refractivity contribution in [3.8, 4) is 0 Å². The molecule has 0 aromatic rings. The summed E-state index contributed by atoms with van der Waals surface area (Å²) in [6.45, 7) is 5.09. The number of unbranched alkanes of at least 4 members (excludes halogenated alkanes) is 3. The van der Waals surface area contributed by atoms with E-state index in [0.717, 1.165) is 13.0 Å². The topological polar surface area (TPSA) is 18.8 Å². The summed E-state index contributed by atoms with van der Waals surface area (Å²) in [6.07, 6.45) is 6.46. The third-order valence-electron chi connectivity index (χ3n) is 2.69. The lowest BCUT2D eigenvalue weighted by atomic mass is 10.2. The third-order valence-corrected chi connectivity index (χ3v) is 3.28. The molecule has 0 spiro atoms. The standard InChI is InChI=1S/C10H18Cl3N3/c1-3-4-5-6-7-16-9(2)15(8-14-16)10(11,12)13/h8-9H,3-7H2,1-2H3. The summed E-state index contributed by atoms with van der Waals surface area (Å²) in [6, 6.07) is 0. The molecule has 1 unspecified atom stereocenters. The first-order valence-electron chi connectivity index (χ1n) is 5.62. The van der Waals surface area contributed by atoms with Gasteiger partial charge in [0.25, 0.3) is 3.92 Å². The molecular weight excluding hydrogens is 268 g/mol. The zero-order valence-corrected chi connectivity index (χ0v) is 11.9.